The van der Waals surface area contributed by atoms with Gasteiger partial charge in [-0.1, -0.05) is 6.92 Å². The summed E-state index contributed by atoms with van der Waals surface area (Å²) in [6, 6.07) is 0. The van der Waals surface area contributed by atoms with Crippen LogP contribution in [0.4, 0.5) is 0 Å². The van der Waals surface area contributed by atoms with E-state index in [-0.39, 0.29) is 0 Å². The van der Waals surface area contributed by atoms with Crippen molar-refractivity contribution in [3.8, 4) is 0 Å². The molecule has 1 atom stereocenters. The first-order valence-corrected chi connectivity index (χ1v) is 3.37. The Morgan fingerprint density at radius 3 is 2.57 bits per heavy atom. The molecule has 1 N–H and O–H groups in total. The Bertz CT molecular complexity index is 87.7. The van der Waals surface area contributed by atoms with Gasteiger partial charge in [-0.25, -0.2) is 0 Å². The highest BCUT2D eigenvalue weighted by atomic mass is 31.1. The molecule has 0 aromatic rings. The maximum absolute atomic E-state index is 9.82. The third-order valence-corrected chi connectivity index (χ3v) is 0.935. The van der Waals surface area contributed by atoms with Crippen molar-refractivity contribution in [1.82, 2.24) is 0 Å². The standard InChI is InChI=1S/C4H7O2P/c1-2-3-4-7(5)6/h3-4H,2H2,1H3/p+1/b4-3-. The van der Waals surface area contributed by atoms with Crippen LogP contribution in [0.3, 0.4) is 0 Å². The van der Waals surface area contributed by atoms with Gasteiger partial charge < -0.3 is 0 Å². The van der Waals surface area contributed by atoms with Crippen LogP contribution in [0.15, 0.2) is 11.9 Å². The first kappa shape index (κ1) is 6.80. The molecule has 0 fully saturated rings. The predicted molar refractivity (Wildman–Crippen MR) is 29.3 cm³/mol. The third kappa shape index (κ3) is 5.80. The van der Waals surface area contributed by atoms with Crippen LogP contribution in [0.25, 0.3) is 0 Å². The zero-order valence-corrected chi connectivity index (χ0v) is 5.06. The van der Waals surface area contributed by atoms with Crippen LogP contribution in [0.5, 0.6) is 0 Å². The summed E-state index contributed by atoms with van der Waals surface area (Å²) in [5.41, 5.74) is 0. The topological polar surface area (TPSA) is 37.3 Å². The first-order chi connectivity index (χ1) is 3.27. The largest absolute Gasteiger partial charge is 0.537 e. The lowest BCUT2D eigenvalue weighted by molar-refractivity contribution is 0.512. The molecule has 0 aromatic carbocycles. The van der Waals surface area contributed by atoms with Crippen molar-refractivity contribution >= 4 is 8.03 Å². The van der Waals surface area contributed by atoms with E-state index in [0.717, 1.165) is 6.42 Å². The molecule has 3 heteroatoms. The molecule has 0 bridgehead atoms. The number of allylic oxidation sites excluding steroid dienone is 1. The molecule has 0 heterocycles. The Balaban J connectivity index is 3.26. The molecule has 2 nitrogen and oxygen atoms in total. The molecule has 0 amide bonds. The SMILES string of the molecule is CC/C=C\[P+](=O)O. The van der Waals surface area contributed by atoms with Crippen molar-refractivity contribution in [3.05, 3.63) is 11.9 Å². The molecule has 0 spiro atoms. The van der Waals surface area contributed by atoms with Crippen LogP contribution in [0.1, 0.15) is 13.3 Å². The predicted octanol–water partition coefficient (Wildman–Crippen LogP) is 1.64. The number of hydrogen-bond acceptors (Lipinski definition) is 1. The quantitative estimate of drug-likeness (QED) is 0.561. The third-order valence-electron chi connectivity index (χ3n) is 0.469. The zero-order chi connectivity index (χ0) is 5.70. The van der Waals surface area contributed by atoms with Crippen LogP contribution in [0, 0.1) is 0 Å². The monoisotopic (exact) mass is 119 g/mol. The fourth-order valence-electron chi connectivity index (χ4n) is 0.196. The first-order valence-electron chi connectivity index (χ1n) is 2.09. The van der Waals surface area contributed by atoms with Gasteiger partial charge in [0.25, 0.3) is 0 Å². The Morgan fingerprint density at radius 2 is 2.43 bits per heavy atom. The molecule has 40 valence electrons. The van der Waals surface area contributed by atoms with Crippen molar-refractivity contribution in [3.63, 3.8) is 0 Å². The lowest BCUT2D eigenvalue weighted by atomic mass is 10.5. The second-order valence-corrected chi connectivity index (χ2v) is 2.00. The highest BCUT2D eigenvalue weighted by molar-refractivity contribution is 7.41. The van der Waals surface area contributed by atoms with E-state index in [4.69, 9.17) is 4.89 Å². The van der Waals surface area contributed by atoms with Gasteiger partial charge in [-0.05, 0) is 17.1 Å². The van der Waals surface area contributed by atoms with Crippen molar-refractivity contribution in [2.75, 3.05) is 0 Å². The Hall–Kier alpha value is -0.200. The summed E-state index contributed by atoms with van der Waals surface area (Å²) in [7, 11) is -2.04. The van der Waals surface area contributed by atoms with Crippen molar-refractivity contribution in [1.29, 1.82) is 0 Å². The Morgan fingerprint density at radius 1 is 1.86 bits per heavy atom. The average Bonchev–Trinajstić information content (AvgIpc) is 1.61. The van der Waals surface area contributed by atoms with E-state index in [1.807, 2.05) is 6.92 Å². The summed E-state index contributed by atoms with van der Waals surface area (Å²) in [6.45, 7) is 1.91. The van der Waals surface area contributed by atoms with Crippen LogP contribution >= 0.6 is 8.03 Å². The Labute approximate surface area is 43.7 Å². The zero-order valence-electron chi connectivity index (χ0n) is 4.16. The molecular weight excluding hydrogens is 111 g/mol. The second kappa shape index (κ2) is 3.97. The highest BCUT2D eigenvalue weighted by Crippen LogP contribution is 2.13. The summed E-state index contributed by atoms with van der Waals surface area (Å²) >= 11 is 0. The molecule has 0 aliphatic rings. The lowest BCUT2D eigenvalue weighted by Crippen LogP contribution is -1.48. The molecule has 7 heavy (non-hydrogen) atoms. The lowest BCUT2D eigenvalue weighted by Gasteiger charge is -1.62. The fraction of sp³-hybridized carbons (Fsp3) is 0.500. The molecule has 1 unspecified atom stereocenters. The Kier molecular flexibility index (Phi) is 3.86. The number of hydrogen-bond donors (Lipinski definition) is 1. The molecule has 0 aliphatic heterocycles. The van der Waals surface area contributed by atoms with E-state index < -0.39 is 8.03 Å². The molecule has 0 saturated heterocycles. The van der Waals surface area contributed by atoms with E-state index in [2.05, 4.69) is 0 Å². The van der Waals surface area contributed by atoms with Gasteiger partial charge in [0.1, 0.15) is 0 Å². The molecule has 0 aliphatic carbocycles. The van der Waals surface area contributed by atoms with Gasteiger partial charge in [0.05, 0.1) is 0 Å². The smallest absolute Gasteiger partial charge is 0.157 e. The molecule has 0 saturated carbocycles. The van der Waals surface area contributed by atoms with E-state index in [1.165, 1.54) is 5.82 Å². The maximum atomic E-state index is 9.82. The minimum atomic E-state index is -2.04. The summed E-state index contributed by atoms with van der Waals surface area (Å²) in [5.74, 6) is 1.29. The van der Waals surface area contributed by atoms with Crippen LogP contribution in [-0.4, -0.2) is 4.89 Å². The van der Waals surface area contributed by atoms with Gasteiger partial charge in [-0.2, -0.15) is 4.89 Å². The summed E-state index contributed by atoms with van der Waals surface area (Å²) < 4.78 is 9.82. The van der Waals surface area contributed by atoms with E-state index in [9.17, 15) is 4.57 Å². The van der Waals surface area contributed by atoms with Crippen LogP contribution in [-0.2, 0) is 4.57 Å². The molecule has 0 aromatic heterocycles. The second-order valence-electron chi connectivity index (χ2n) is 1.10. The van der Waals surface area contributed by atoms with Gasteiger partial charge >= 0.3 is 8.03 Å². The number of rotatable bonds is 2. The molecule has 0 radical (unpaired) electrons. The van der Waals surface area contributed by atoms with Gasteiger partial charge in [-0.15, -0.1) is 0 Å². The van der Waals surface area contributed by atoms with Crippen molar-refractivity contribution in [2.24, 2.45) is 0 Å². The van der Waals surface area contributed by atoms with Crippen molar-refractivity contribution in [2.45, 2.75) is 13.3 Å². The summed E-state index contributed by atoms with van der Waals surface area (Å²) in [4.78, 5) is 8.11. The van der Waals surface area contributed by atoms with Gasteiger partial charge in [-0.3, -0.25) is 0 Å². The summed E-state index contributed by atoms with van der Waals surface area (Å²) in [6.07, 6.45) is 2.49. The molecular formula is C4H8O2P+. The minimum absolute atomic E-state index is 0.821. The van der Waals surface area contributed by atoms with Gasteiger partial charge in [0.2, 0.25) is 0 Å². The highest BCUT2D eigenvalue weighted by Gasteiger charge is 1.97. The average molecular weight is 119 g/mol. The van der Waals surface area contributed by atoms with Crippen molar-refractivity contribution < 1.29 is 9.46 Å². The minimum Gasteiger partial charge on any atom is -0.157 e. The molecule has 0 rings (SSSR count). The van der Waals surface area contributed by atoms with E-state index in [1.54, 1.807) is 6.08 Å². The normalized spacial score (nSPS) is 12.6. The summed E-state index contributed by atoms with van der Waals surface area (Å²) in [5, 5.41) is 0. The fourth-order valence-corrected chi connectivity index (χ4v) is 0.587. The van der Waals surface area contributed by atoms with Crippen LogP contribution < -0.4 is 0 Å². The van der Waals surface area contributed by atoms with Crippen LogP contribution in [0.2, 0.25) is 0 Å². The maximum Gasteiger partial charge on any atom is 0.537 e. The van der Waals surface area contributed by atoms with Gasteiger partial charge in [0, 0.05) is 0 Å². The van der Waals surface area contributed by atoms with E-state index >= 15 is 0 Å². The van der Waals surface area contributed by atoms with E-state index in [0.29, 0.717) is 0 Å². The van der Waals surface area contributed by atoms with Gasteiger partial charge in [0.15, 0.2) is 5.82 Å².